The Bertz CT molecular complexity index is 362. The highest BCUT2D eigenvalue weighted by molar-refractivity contribution is 7.84. The first-order valence-corrected chi connectivity index (χ1v) is 7.15. The lowest BCUT2D eigenvalue weighted by molar-refractivity contribution is 0.0982. The second kappa shape index (κ2) is 8.14. The normalized spacial score (nSPS) is 12.3. The Labute approximate surface area is 105 Å². The molecule has 1 atom stereocenters. The van der Waals surface area contributed by atoms with Crippen molar-refractivity contribution in [2.24, 2.45) is 0 Å². The average molecular weight is 254 g/mol. The molecule has 0 saturated heterocycles. The topological polar surface area (TPSA) is 43.4 Å². The number of rotatable bonds is 8. The van der Waals surface area contributed by atoms with Crippen LogP contribution in [0.25, 0.3) is 0 Å². The van der Waals surface area contributed by atoms with Crippen LogP contribution in [0.5, 0.6) is 0 Å². The molecule has 17 heavy (non-hydrogen) atoms. The minimum absolute atomic E-state index is 0.120. The Morgan fingerprint density at radius 2 is 1.94 bits per heavy atom. The van der Waals surface area contributed by atoms with E-state index in [1.807, 2.05) is 30.3 Å². The van der Waals surface area contributed by atoms with Gasteiger partial charge in [0.25, 0.3) is 0 Å². The number of methoxy groups -OCH3 is 1. The van der Waals surface area contributed by atoms with Gasteiger partial charge in [-0.3, -0.25) is 9.00 Å². The van der Waals surface area contributed by atoms with Gasteiger partial charge in [-0.05, 0) is 6.42 Å². The van der Waals surface area contributed by atoms with Crippen molar-refractivity contribution >= 4 is 16.6 Å². The quantitative estimate of drug-likeness (QED) is 0.667. The number of carbonyl (C=O) groups is 1. The summed E-state index contributed by atoms with van der Waals surface area (Å²) in [5.41, 5.74) is 0.732. The van der Waals surface area contributed by atoms with Gasteiger partial charge in [-0.1, -0.05) is 30.3 Å². The molecule has 0 fully saturated rings. The molecule has 0 N–H and O–H groups in total. The zero-order chi connectivity index (χ0) is 12.5. The summed E-state index contributed by atoms with van der Waals surface area (Å²) in [7, 11) is 0.723. The van der Waals surface area contributed by atoms with Crippen LogP contribution in [-0.4, -0.2) is 35.2 Å². The van der Waals surface area contributed by atoms with E-state index in [4.69, 9.17) is 4.74 Å². The zero-order valence-electron chi connectivity index (χ0n) is 10.1. The fourth-order valence-corrected chi connectivity index (χ4v) is 2.46. The summed E-state index contributed by atoms with van der Waals surface area (Å²) in [4.78, 5) is 11.7. The first-order valence-electron chi connectivity index (χ1n) is 5.66. The van der Waals surface area contributed by atoms with Gasteiger partial charge in [-0.2, -0.15) is 0 Å². The highest BCUT2D eigenvalue weighted by Gasteiger charge is 2.06. The molecule has 0 spiro atoms. The molecule has 0 radical (unpaired) electrons. The van der Waals surface area contributed by atoms with Crippen molar-refractivity contribution in [1.82, 2.24) is 0 Å². The third-order valence-corrected chi connectivity index (χ3v) is 3.75. The molecule has 0 aliphatic heterocycles. The second-order valence-corrected chi connectivity index (χ2v) is 5.43. The molecule has 1 rings (SSSR count). The summed E-state index contributed by atoms with van der Waals surface area (Å²) in [5.74, 6) is 1.24. The summed E-state index contributed by atoms with van der Waals surface area (Å²) in [6, 6.07) is 9.21. The van der Waals surface area contributed by atoms with E-state index in [9.17, 15) is 9.00 Å². The molecule has 1 aromatic carbocycles. The van der Waals surface area contributed by atoms with Crippen LogP contribution in [0, 0.1) is 0 Å². The third kappa shape index (κ3) is 5.75. The smallest absolute Gasteiger partial charge is 0.162 e. The number of Topliss-reactive ketones (excluding diaryl/α,β-unsaturated/α-hetero) is 1. The van der Waals surface area contributed by atoms with Crippen molar-refractivity contribution < 1.29 is 13.7 Å². The maximum Gasteiger partial charge on any atom is 0.162 e. The SMILES string of the molecule is COCCS(=O)CCCC(=O)c1ccccc1. The lowest BCUT2D eigenvalue weighted by Gasteiger charge is -2.02. The van der Waals surface area contributed by atoms with Gasteiger partial charge >= 0.3 is 0 Å². The minimum Gasteiger partial charge on any atom is -0.384 e. The van der Waals surface area contributed by atoms with Gasteiger partial charge in [-0.25, -0.2) is 0 Å². The molecule has 1 unspecified atom stereocenters. The van der Waals surface area contributed by atoms with E-state index in [0.29, 0.717) is 31.0 Å². The van der Waals surface area contributed by atoms with Crippen LogP contribution in [-0.2, 0) is 15.5 Å². The van der Waals surface area contributed by atoms with E-state index in [1.54, 1.807) is 7.11 Å². The lowest BCUT2D eigenvalue weighted by atomic mass is 10.1. The maximum atomic E-state index is 11.7. The molecule has 94 valence electrons. The van der Waals surface area contributed by atoms with E-state index >= 15 is 0 Å². The van der Waals surface area contributed by atoms with Gasteiger partial charge in [-0.15, -0.1) is 0 Å². The standard InChI is InChI=1S/C13H18O3S/c1-16-9-11-17(15)10-5-8-13(14)12-6-3-2-4-7-12/h2-4,6-7H,5,8-11H2,1H3. The largest absolute Gasteiger partial charge is 0.384 e. The van der Waals surface area contributed by atoms with E-state index in [1.165, 1.54) is 0 Å². The van der Waals surface area contributed by atoms with Crippen molar-refractivity contribution in [3.05, 3.63) is 35.9 Å². The van der Waals surface area contributed by atoms with Gasteiger partial charge in [0.2, 0.25) is 0 Å². The number of ketones is 1. The average Bonchev–Trinajstić information content (AvgIpc) is 2.37. The summed E-state index contributed by atoms with van der Waals surface area (Å²) < 4.78 is 16.3. The van der Waals surface area contributed by atoms with Crippen molar-refractivity contribution in [3.8, 4) is 0 Å². The van der Waals surface area contributed by atoms with Gasteiger partial charge in [0, 0.05) is 41.4 Å². The summed E-state index contributed by atoms with van der Waals surface area (Å²) in [5, 5.41) is 0. The number of benzene rings is 1. The van der Waals surface area contributed by atoms with Crippen molar-refractivity contribution in [3.63, 3.8) is 0 Å². The monoisotopic (exact) mass is 254 g/mol. The van der Waals surface area contributed by atoms with Crippen LogP contribution in [0.3, 0.4) is 0 Å². The summed E-state index contributed by atoms with van der Waals surface area (Å²) in [6.45, 7) is 0.513. The second-order valence-electron chi connectivity index (χ2n) is 3.73. The molecule has 0 heterocycles. The number of carbonyl (C=O) groups excluding carboxylic acids is 1. The molecule has 3 nitrogen and oxygen atoms in total. The molecular weight excluding hydrogens is 236 g/mol. The first kappa shape index (κ1) is 14.1. The van der Waals surface area contributed by atoms with Crippen LogP contribution in [0.1, 0.15) is 23.2 Å². The van der Waals surface area contributed by atoms with Crippen LogP contribution >= 0.6 is 0 Å². The van der Waals surface area contributed by atoms with Gasteiger partial charge in [0.05, 0.1) is 6.61 Å². The third-order valence-electron chi connectivity index (χ3n) is 2.39. The maximum absolute atomic E-state index is 11.7. The van der Waals surface area contributed by atoms with Gasteiger partial charge in [0.15, 0.2) is 5.78 Å². The Morgan fingerprint density at radius 1 is 1.24 bits per heavy atom. The molecule has 0 saturated carbocycles. The molecule has 1 aromatic rings. The molecule has 4 heteroatoms. The number of hydrogen-bond donors (Lipinski definition) is 0. The fraction of sp³-hybridized carbons (Fsp3) is 0.462. The predicted molar refractivity (Wildman–Crippen MR) is 69.8 cm³/mol. The highest BCUT2D eigenvalue weighted by Crippen LogP contribution is 2.05. The van der Waals surface area contributed by atoms with Crippen LogP contribution in [0.4, 0.5) is 0 Å². The zero-order valence-corrected chi connectivity index (χ0v) is 10.9. The first-order chi connectivity index (χ1) is 8.24. The number of ether oxygens (including phenoxy) is 1. The van der Waals surface area contributed by atoms with Gasteiger partial charge < -0.3 is 4.74 Å². The van der Waals surface area contributed by atoms with E-state index in [0.717, 1.165) is 5.56 Å². The molecular formula is C13H18O3S. The molecule has 0 aliphatic carbocycles. The van der Waals surface area contributed by atoms with Crippen molar-refractivity contribution in [2.45, 2.75) is 12.8 Å². The molecule has 0 aliphatic rings. The van der Waals surface area contributed by atoms with Crippen LogP contribution in [0.2, 0.25) is 0 Å². The molecule has 0 bridgehead atoms. The summed E-state index contributed by atoms with van der Waals surface area (Å²) in [6.07, 6.45) is 1.13. The van der Waals surface area contributed by atoms with E-state index in [-0.39, 0.29) is 5.78 Å². The Hall–Kier alpha value is -1.00. The Balaban J connectivity index is 2.23. The lowest BCUT2D eigenvalue weighted by Crippen LogP contribution is -2.09. The van der Waals surface area contributed by atoms with Crippen molar-refractivity contribution in [1.29, 1.82) is 0 Å². The Morgan fingerprint density at radius 3 is 2.59 bits per heavy atom. The fourth-order valence-electron chi connectivity index (χ4n) is 1.44. The van der Waals surface area contributed by atoms with Crippen LogP contribution in [0.15, 0.2) is 30.3 Å². The van der Waals surface area contributed by atoms with E-state index < -0.39 is 10.8 Å². The van der Waals surface area contributed by atoms with Crippen LogP contribution < -0.4 is 0 Å². The summed E-state index contributed by atoms with van der Waals surface area (Å²) >= 11 is 0. The molecule has 0 aromatic heterocycles. The minimum atomic E-state index is -0.870. The van der Waals surface area contributed by atoms with E-state index in [2.05, 4.69) is 0 Å². The molecule has 0 amide bonds. The highest BCUT2D eigenvalue weighted by atomic mass is 32.2. The Kier molecular flexibility index (Phi) is 6.74. The van der Waals surface area contributed by atoms with Crippen molar-refractivity contribution in [2.75, 3.05) is 25.2 Å². The van der Waals surface area contributed by atoms with Gasteiger partial charge in [0.1, 0.15) is 0 Å². The number of hydrogen-bond acceptors (Lipinski definition) is 3. The predicted octanol–water partition coefficient (Wildman–Crippen LogP) is 2.04.